The van der Waals surface area contributed by atoms with Crippen molar-refractivity contribution in [3.05, 3.63) is 0 Å². The van der Waals surface area contributed by atoms with Gasteiger partial charge in [0.05, 0.1) is 6.10 Å². The van der Waals surface area contributed by atoms with Gasteiger partial charge in [-0.15, -0.1) is 0 Å². The molecule has 0 saturated heterocycles. The first-order valence-corrected chi connectivity index (χ1v) is 6.55. The minimum absolute atomic E-state index is 0.249. The van der Waals surface area contributed by atoms with Crippen LogP contribution in [-0.2, 0) is 0 Å². The zero-order valence-corrected chi connectivity index (χ0v) is 11.2. The monoisotopic (exact) mass is 228 g/mol. The molecule has 0 aromatic heterocycles. The van der Waals surface area contributed by atoms with Crippen molar-refractivity contribution in [2.24, 2.45) is 11.8 Å². The molecule has 16 heavy (non-hydrogen) atoms. The van der Waals surface area contributed by atoms with Gasteiger partial charge in [0, 0.05) is 19.1 Å². The minimum Gasteiger partial charge on any atom is -0.390 e. The Hall–Kier alpha value is -0.120. The van der Waals surface area contributed by atoms with Crippen molar-refractivity contribution in [1.82, 2.24) is 10.2 Å². The molecule has 0 bridgehead atoms. The summed E-state index contributed by atoms with van der Waals surface area (Å²) in [6.07, 6.45) is 3.66. The number of likely N-dealkylation sites (N-methyl/N-ethyl adjacent to an activating group) is 1. The number of nitrogens with zero attached hydrogens (tertiary/aromatic N) is 1. The molecule has 3 nitrogen and oxygen atoms in total. The molecule has 1 aliphatic carbocycles. The third-order valence-corrected chi connectivity index (χ3v) is 3.62. The van der Waals surface area contributed by atoms with Crippen molar-refractivity contribution in [1.29, 1.82) is 0 Å². The Balaban J connectivity index is 2.21. The van der Waals surface area contributed by atoms with Crippen LogP contribution in [0.25, 0.3) is 0 Å². The molecule has 1 rings (SSSR count). The van der Waals surface area contributed by atoms with E-state index in [0.717, 1.165) is 24.9 Å². The van der Waals surface area contributed by atoms with Crippen LogP contribution in [0.15, 0.2) is 0 Å². The Labute approximate surface area is 100 Å². The molecule has 4 atom stereocenters. The Morgan fingerprint density at radius 1 is 1.31 bits per heavy atom. The molecular weight excluding hydrogens is 200 g/mol. The second kappa shape index (κ2) is 6.58. The Morgan fingerprint density at radius 2 is 2.00 bits per heavy atom. The predicted octanol–water partition coefficient (Wildman–Crippen LogP) is 1.32. The van der Waals surface area contributed by atoms with Crippen LogP contribution in [0.4, 0.5) is 0 Å². The zero-order valence-electron chi connectivity index (χ0n) is 11.2. The zero-order chi connectivity index (χ0) is 12.1. The molecule has 1 saturated carbocycles. The van der Waals surface area contributed by atoms with E-state index in [2.05, 4.69) is 19.2 Å². The summed E-state index contributed by atoms with van der Waals surface area (Å²) in [6.45, 7) is 6.13. The lowest BCUT2D eigenvalue weighted by Crippen LogP contribution is -2.44. The van der Waals surface area contributed by atoms with Crippen LogP contribution in [-0.4, -0.2) is 49.3 Å². The summed E-state index contributed by atoms with van der Waals surface area (Å²) in [5, 5.41) is 13.3. The molecular formula is C13H28N2O. The highest BCUT2D eigenvalue weighted by molar-refractivity contribution is 4.81. The highest BCUT2D eigenvalue weighted by atomic mass is 16.3. The van der Waals surface area contributed by atoms with E-state index in [1.165, 1.54) is 19.3 Å². The highest BCUT2D eigenvalue weighted by Gasteiger charge is 2.25. The summed E-state index contributed by atoms with van der Waals surface area (Å²) in [5.41, 5.74) is 0. The molecule has 4 unspecified atom stereocenters. The number of nitrogens with one attached hydrogen (secondary N) is 1. The predicted molar refractivity (Wildman–Crippen MR) is 68.5 cm³/mol. The van der Waals surface area contributed by atoms with Gasteiger partial charge >= 0.3 is 0 Å². The molecule has 0 heterocycles. The smallest absolute Gasteiger partial charge is 0.0791 e. The molecule has 0 spiro atoms. The van der Waals surface area contributed by atoms with Gasteiger partial charge in [-0.2, -0.15) is 0 Å². The fourth-order valence-electron chi connectivity index (χ4n) is 2.74. The van der Waals surface area contributed by atoms with Gasteiger partial charge in [-0.3, -0.25) is 0 Å². The van der Waals surface area contributed by atoms with Crippen molar-refractivity contribution < 1.29 is 5.11 Å². The van der Waals surface area contributed by atoms with Crippen LogP contribution >= 0.6 is 0 Å². The average molecular weight is 228 g/mol. The Kier molecular flexibility index (Phi) is 5.73. The van der Waals surface area contributed by atoms with Crippen LogP contribution < -0.4 is 5.32 Å². The van der Waals surface area contributed by atoms with Gasteiger partial charge < -0.3 is 15.3 Å². The van der Waals surface area contributed by atoms with Gasteiger partial charge in [-0.1, -0.05) is 13.8 Å². The van der Waals surface area contributed by atoms with Gasteiger partial charge in [-0.25, -0.2) is 0 Å². The van der Waals surface area contributed by atoms with Gasteiger partial charge in [0.15, 0.2) is 0 Å². The van der Waals surface area contributed by atoms with E-state index in [4.69, 9.17) is 0 Å². The van der Waals surface area contributed by atoms with Gasteiger partial charge in [0.25, 0.3) is 0 Å². The standard InChI is InChI=1S/C13H28N2O/c1-10-5-6-13(11(2)7-10)14-8-12(16)9-15(3)4/h10-14,16H,5-9H2,1-4H3. The topological polar surface area (TPSA) is 35.5 Å². The highest BCUT2D eigenvalue weighted by Crippen LogP contribution is 2.28. The van der Waals surface area contributed by atoms with Crippen molar-refractivity contribution in [2.45, 2.75) is 45.3 Å². The van der Waals surface area contributed by atoms with Crippen molar-refractivity contribution >= 4 is 0 Å². The molecule has 0 radical (unpaired) electrons. The maximum atomic E-state index is 9.78. The van der Waals surface area contributed by atoms with E-state index in [1.807, 2.05) is 19.0 Å². The number of hydrogen-bond donors (Lipinski definition) is 2. The Morgan fingerprint density at radius 3 is 2.56 bits per heavy atom. The summed E-state index contributed by atoms with van der Waals surface area (Å²) >= 11 is 0. The first-order chi connectivity index (χ1) is 7.49. The summed E-state index contributed by atoms with van der Waals surface area (Å²) in [5.74, 6) is 1.62. The number of aliphatic hydroxyl groups is 1. The molecule has 0 amide bonds. The van der Waals surface area contributed by atoms with Crippen LogP contribution in [0.2, 0.25) is 0 Å². The van der Waals surface area contributed by atoms with Crippen LogP contribution in [0.5, 0.6) is 0 Å². The van der Waals surface area contributed by atoms with Crippen molar-refractivity contribution in [2.75, 3.05) is 27.2 Å². The molecule has 1 fully saturated rings. The van der Waals surface area contributed by atoms with Crippen LogP contribution in [0, 0.1) is 11.8 Å². The van der Waals surface area contributed by atoms with Gasteiger partial charge in [0.1, 0.15) is 0 Å². The SMILES string of the molecule is CC1CCC(NCC(O)CN(C)C)C(C)C1. The fourth-order valence-corrected chi connectivity index (χ4v) is 2.74. The lowest BCUT2D eigenvalue weighted by atomic mass is 9.80. The third kappa shape index (κ3) is 4.81. The van der Waals surface area contributed by atoms with E-state index >= 15 is 0 Å². The lowest BCUT2D eigenvalue weighted by Gasteiger charge is -2.34. The molecule has 0 aliphatic heterocycles. The van der Waals surface area contributed by atoms with Crippen LogP contribution in [0.3, 0.4) is 0 Å². The first kappa shape index (κ1) is 13.9. The van der Waals surface area contributed by atoms with E-state index in [9.17, 15) is 5.11 Å². The molecule has 0 aromatic carbocycles. The molecule has 1 aliphatic rings. The third-order valence-electron chi connectivity index (χ3n) is 3.62. The fraction of sp³-hybridized carbons (Fsp3) is 1.00. The number of hydrogen-bond acceptors (Lipinski definition) is 3. The van der Waals surface area contributed by atoms with E-state index in [-0.39, 0.29) is 6.10 Å². The summed E-state index contributed by atoms with van der Waals surface area (Å²) in [6, 6.07) is 0.605. The average Bonchev–Trinajstić information content (AvgIpc) is 2.15. The molecule has 3 heteroatoms. The maximum Gasteiger partial charge on any atom is 0.0791 e. The van der Waals surface area contributed by atoms with Gasteiger partial charge in [-0.05, 0) is 45.2 Å². The minimum atomic E-state index is -0.249. The molecule has 96 valence electrons. The normalized spacial score (nSPS) is 33.0. The lowest BCUT2D eigenvalue weighted by molar-refractivity contribution is 0.121. The quantitative estimate of drug-likeness (QED) is 0.745. The first-order valence-electron chi connectivity index (χ1n) is 6.55. The summed E-state index contributed by atoms with van der Waals surface area (Å²) in [4.78, 5) is 2.03. The van der Waals surface area contributed by atoms with E-state index in [0.29, 0.717) is 6.04 Å². The molecule has 2 N–H and O–H groups in total. The second-order valence-electron chi connectivity index (χ2n) is 5.83. The van der Waals surface area contributed by atoms with Gasteiger partial charge in [0.2, 0.25) is 0 Å². The number of aliphatic hydroxyl groups excluding tert-OH is 1. The van der Waals surface area contributed by atoms with Crippen molar-refractivity contribution in [3.63, 3.8) is 0 Å². The molecule has 0 aromatic rings. The van der Waals surface area contributed by atoms with E-state index in [1.54, 1.807) is 0 Å². The largest absolute Gasteiger partial charge is 0.390 e. The van der Waals surface area contributed by atoms with Crippen LogP contribution in [0.1, 0.15) is 33.1 Å². The summed E-state index contributed by atoms with van der Waals surface area (Å²) in [7, 11) is 3.99. The second-order valence-corrected chi connectivity index (χ2v) is 5.83. The Bertz CT molecular complexity index is 196. The number of rotatable bonds is 5. The van der Waals surface area contributed by atoms with E-state index < -0.39 is 0 Å². The summed E-state index contributed by atoms with van der Waals surface area (Å²) < 4.78 is 0. The van der Waals surface area contributed by atoms with Crippen molar-refractivity contribution in [3.8, 4) is 0 Å². The maximum absolute atomic E-state index is 9.78.